The van der Waals surface area contributed by atoms with E-state index in [1.165, 1.54) is 4.80 Å². The monoisotopic (exact) mass is 128 g/mol. The number of aryl methyl sites for hydroxylation is 1. The highest BCUT2D eigenvalue weighted by Gasteiger charge is 2.09. The van der Waals surface area contributed by atoms with Crippen LogP contribution >= 0.6 is 0 Å². The van der Waals surface area contributed by atoms with Crippen LogP contribution in [0.25, 0.3) is 0 Å². The first kappa shape index (κ1) is 6.12. The van der Waals surface area contributed by atoms with E-state index in [0.29, 0.717) is 6.04 Å². The van der Waals surface area contributed by atoms with Gasteiger partial charge in [0.25, 0.3) is 0 Å². The molecule has 0 fully saturated rings. The fraction of sp³-hybridized carbons (Fsp3) is 1.00. The number of hydrogen-bond acceptors (Lipinski definition) is 3. The van der Waals surface area contributed by atoms with Gasteiger partial charge in [0, 0.05) is 4.80 Å². The van der Waals surface area contributed by atoms with E-state index in [9.17, 15) is 0 Å². The van der Waals surface area contributed by atoms with Crippen molar-refractivity contribution in [1.29, 1.82) is 0 Å². The minimum absolute atomic E-state index is 0.290. The molecule has 0 aliphatic rings. The molecule has 0 saturated carbocycles. The molecule has 0 atom stereocenters. The Morgan fingerprint density at radius 3 is 2.33 bits per heavy atom. The van der Waals surface area contributed by atoms with Crippen LogP contribution in [-0.4, -0.2) is 20.4 Å². The van der Waals surface area contributed by atoms with E-state index in [1.54, 1.807) is 11.8 Å². The largest absolute Gasteiger partial charge is 0.189 e. The predicted octanol–water partition coefficient (Wildman–Crippen LogP) is -0.922. The lowest BCUT2D eigenvalue weighted by molar-refractivity contribution is -0.787. The Balaban J connectivity index is 2.85. The second-order valence-corrected chi connectivity index (χ2v) is 2.17. The van der Waals surface area contributed by atoms with Gasteiger partial charge in [0.05, 0.1) is 5.21 Å². The minimum Gasteiger partial charge on any atom is -0.0462 e. The molecule has 50 valence electrons. The molecule has 0 aliphatic carbocycles. The van der Waals surface area contributed by atoms with Gasteiger partial charge in [0.1, 0.15) is 18.3 Å². The Bertz CT molecular complexity index is 191. The molecule has 0 amide bonds. The zero-order valence-electron chi connectivity index (χ0n) is 5.81. The maximum Gasteiger partial charge on any atom is 0.189 e. The Morgan fingerprint density at radius 1 is 1.44 bits per heavy atom. The molecular weight excluding hydrogens is 118 g/mol. The van der Waals surface area contributed by atoms with Crippen molar-refractivity contribution >= 4 is 0 Å². The van der Waals surface area contributed by atoms with Crippen LogP contribution in [0.1, 0.15) is 19.9 Å². The lowest BCUT2D eigenvalue weighted by Gasteiger charge is -1.87. The van der Waals surface area contributed by atoms with Gasteiger partial charge in [-0.3, -0.25) is 0 Å². The molecule has 9 heavy (non-hydrogen) atoms. The molecule has 1 aromatic heterocycles. The maximum absolute atomic E-state index is 3.92. The molecule has 0 aliphatic heterocycles. The van der Waals surface area contributed by atoms with Gasteiger partial charge in [-0.25, -0.2) is 0 Å². The van der Waals surface area contributed by atoms with Crippen molar-refractivity contribution in [2.24, 2.45) is 7.05 Å². The van der Waals surface area contributed by atoms with Gasteiger partial charge in [-0.15, -0.1) is 0 Å². The fourth-order valence-corrected chi connectivity index (χ4v) is 0.474. The van der Waals surface area contributed by atoms with Crippen LogP contribution in [0.5, 0.6) is 0 Å². The molecule has 5 nitrogen and oxygen atoms in total. The van der Waals surface area contributed by atoms with Crippen LogP contribution < -0.4 is 4.80 Å². The first-order valence-corrected chi connectivity index (χ1v) is 2.86. The smallest absolute Gasteiger partial charge is 0.0462 e. The van der Waals surface area contributed by atoms with Crippen LogP contribution in [0, 0.1) is 0 Å². The number of rotatable bonds is 1. The van der Waals surface area contributed by atoms with E-state index in [2.05, 4.69) is 15.6 Å². The van der Waals surface area contributed by atoms with Gasteiger partial charge in [-0.2, -0.15) is 0 Å². The standard InChI is InChI=1S/C4H10N5/c1-4(2)9-6-5-8(3)7-9/h4H,1-3H3/q+1. The molecule has 0 unspecified atom stereocenters. The quantitative estimate of drug-likeness (QED) is 0.459. The SMILES string of the molecule is CC(C)n1nn[n+](C)n1. The zero-order valence-corrected chi connectivity index (χ0v) is 5.81. The number of aromatic nitrogens is 5. The summed E-state index contributed by atoms with van der Waals surface area (Å²) in [4.78, 5) is 2.99. The molecule has 1 rings (SSSR count). The van der Waals surface area contributed by atoms with Crippen molar-refractivity contribution in [2.75, 3.05) is 0 Å². The topological polar surface area (TPSA) is 47.5 Å². The highest BCUT2D eigenvalue weighted by molar-refractivity contribution is 4.36. The van der Waals surface area contributed by atoms with Crippen molar-refractivity contribution in [3.05, 3.63) is 0 Å². The molecular formula is C4H10N5+. The summed E-state index contributed by atoms with van der Waals surface area (Å²) in [6.07, 6.45) is 0. The van der Waals surface area contributed by atoms with Crippen LogP contribution in [0.3, 0.4) is 0 Å². The van der Waals surface area contributed by atoms with Gasteiger partial charge in [0.2, 0.25) is 0 Å². The number of hydrogen-bond donors (Lipinski definition) is 0. The van der Waals surface area contributed by atoms with E-state index < -0.39 is 0 Å². The van der Waals surface area contributed by atoms with Gasteiger partial charge < -0.3 is 0 Å². The number of nitrogens with zero attached hydrogens (tertiary/aromatic N) is 5. The third-order valence-corrected chi connectivity index (χ3v) is 0.944. The van der Waals surface area contributed by atoms with Crippen molar-refractivity contribution in [1.82, 2.24) is 20.4 Å². The second-order valence-electron chi connectivity index (χ2n) is 2.17. The summed E-state index contributed by atoms with van der Waals surface area (Å²) in [5.41, 5.74) is 0. The summed E-state index contributed by atoms with van der Waals surface area (Å²) in [6.45, 7) is 4.00. The van der Waals surface area contributed by atoms with E-state index in [-0.39, 0.29) is 0 Å². The van der Waals surface area contributed by atoms with E-state index in [0.717, 1.165) is 0 Å². The Morgan fingerprint density at radius 2 is 2.11 bits per heavy atom. The Hall–Kier alpha value is -1.00. The van der Waals surface area contributed by atoms with E-state index >= 15 is 0 Å². The van der Waals surface area contributed by atoms with Crippen LogP contribution in [-0.2, 0) is 7.05 Å². The average molecular weight is 128 g/mol. The van der Waals surface area contributed by atoms with Crippen molar-refractivity contribution in [3.8, 4) is 0 Å². The van der Waals surface area contributed by atoms with E-state index in [1.807, 2.05) is 13.8 Å². The summed E-state index contributed by atoms with van der Waals surface area (Å²) in [5, 5.41) is 11.3. The van der Waals surface area contributed by atoms with Gasteiger partial charge in [-0.1, -0.05) is 0 Å². The van der Waals surface area contributed by atoms with Crippen molar-refractivity contribution in [2.45, 2.75) is 19.9 Å². The fourth-order valence-electron chi connectivity index (χ4n) is 0.474. The molecule has 0 saturated heterocycles. The van der Waals surface area contributed by atoms with Crippen LogP contribution in [0.2, 0.25) is 0 Å². The first-order valence-electron chi connectivity index (χ1n) is 2.86. The second kappa shape index (κ2) is 2.08. The lowest BCUT2D eigenvalue weighted by atomic mass is 10.4. The summed E-state index contributed by atoms with van der Waals surface area (Å²) in [6, 6.07) is 0.290. The molecule has 1 aromatic rings. The third-order valence-electron chi connectivity index (χ3n) is 0.944. The molecule has 1 heterocycles. The average Bonchev–Trinajstić information content (AvgIpc) is 2.14. The van der Waals surface area contributed by atoms with Gasteiger partial charge >= 0.3 is 0 Å². The summed E-state index contributed by atoms with van der Waals surface area (Å²) in [7, 11) is 1.74. The normalized spacial score (nSPS) is 10.7. The summed E-state index contributed by atoms with van der Waals surface area (Å²) < 4.78 is 0. The lowest BCUT2D eigenvalue weighted by Crippen LogP contribution is -2.34. The Labute approximate surface area is 53.2 Å². The van der Waals surface area contributed by atoms with Crippen molar-refractivity contribution in [3.63, 3.8) is 0 Å². The third kappa shape index (κ3) is 1.22. The van der Waals surface area contributed by atoms with Crippen LogP contribution in [0.15, 0.2) is 0 Å². The molecule has 0 bridgehead atoms. The molecule has 5 heteroatoms. The van der Waals surface area contributed by atoms with E-state index in [4.69, 9.17) is 0 Å². The highest BCUT2D eigenvalue weighted by atomic mass is 15.8. The van der Waals surface area contributed by atoms with Crippen LogP contribution in [0.4, 0.5) is 0 Å². The van der Waals surface area contributed by atoms with Gasteiger partial charge in [-0.05, 0) is 18.6 Å². The molecule has 0 radical (unpaired) electrons. The minimum atomic E-state index is 0.290. The first-order chi connectivity index (χ1) is 4.20. The molecule has 0 spiro atoms. The molecule has 0 aromatic carbocycles. The predicted molar refractivity (Wildman–Crippen MR) is 29.4 cm³/mol. The Kier molecular flexibility index (Phi) is 1.42. The summed E-state index contributed by atoms with van der Waals surface area (Å²) >= 11 is 0. The van der Waals surface area contributed by atoms with Gasteiger partial charge in [0.15, 0.2) is 5.21 Å². The molecule has 0 N–H and O–H groups in total. The van der Waals surface area contributed by atoms with Crippen molar-refractivity contribution < 1.29 is 4.80 Å². The maximum atomic E-state index is 3.92. The zero-order chi connectivity index (χ0) is 6.85. The summed E-state index contributed by atoms with van der Waals surface area (Å²) in [5.74, 6) is 0. The highest BCUT2D eigenvalue weighted by Crippen LogP contribution is 1.92.